The molecule has 0 saturated carbocycles. The first-order valence-corrected chi connectivity index (χ1v) is 5.59. The number of fused-ring (bicyclic) bond motifs is 1. The number of carbonyl (C=O) groups is 1. The fraction of sp³-hybridized carbons (Fsp3) is 0.417. The summed E-state index contributed by atoms with van der Waals surface area (Å²) in [6, 6.07) is 7.45. The number of amides is 1. The molecule has 1 aromatic carbocycles. The molecular weight excluding hydrogens is 222 g/mol. The third-order valence-electron chi connectivity index (χ3n) is 2.79. The lowest BCUT2D eigenvalue weighted by atomic mass is 10.2. The van der Waals surface area contributed by atoms with E-state index in [-0.39, 0.29) is 18.6 Å². The summed E-state index contributed by atoms with van der Waals surface area (Å²) in [5.41, 5.74) is 0. The zero-order valence-corrected chi connectivity index (χ0v) is 9.22. The predicted molar refractivity (Wildman–Crippen MR) is 59.1 cm³/mol. The van der Waals surface area contributed by atoms with E-state index in [0.717, 1.165) is 0 Å². The molecule has 1 N–H and O–H groups in total. The summed E-state index contributed by atoms with van der Waals surface area (Å²) in [5.74, 6) is 1.15. The van der Waals surface area contributed by atoms with Gasteiger partial charge in [-0.25, -0.2) is 0 Å². The topological polar surface area (TPSA) is 56.8 Å². The van der Waals surface area contributed by atoms with Crippen molar-refractivity contribution >= 4 is 5.91 Å². The molecule has 17 heavy (non-hydrogen) atoms. The van der Waals surface area contributed by atoms with Crippen molar-refractivity contribution in [2.75, 3.05) is 19.8 Å². The maximum atomic E-state index is 11.8. The molecule has 90 valence electrons. The van der Waals surface area contributed by atoms with E-state index in [9.17, 15) is 4.79 Å². The van der Waals surface area contributed by atoms with E-state index in [4.69, 9.17) is 14.2 Å². The molecule has 1 atom stereocenters. The zero-order valence-electron chi connectivity index (χ0n) is 9.22. The predicted octanol–water partition coefficient (Wildman–Crippen LogP) is 0.341. The Balaban J connectivity index is 1.64. The van der Waals surface area contributed by atoms with E-state index < -0.39 is 6.10 Å². The van der Waals surface area contributed by atoms with Crippen LogP contribution in [0.2, 0.25) is 0 Å². The fourth-order valence-corrected chi connectivity index (χ4v) is 1.76. The quantitative estimate of drug-likeness (QED) is 0.803. The van der Waals surface area contributed by atoms with Crippen LogP contribution in [0.4, 0.5) is 0 Å². The Bertz CT molecular complexity index is 430. The van der Waals surface area contributed by atoms with Crippen LogP contribution in [0.1, 0.15) is 0 Å². The first-order valence-electron chi connectivity index (χ1n) is 5.59. The summed E-state index contributed by atoms with van der Waals surface area (Å²) >= 11 is 0. The van der Waals surface area contributed by atoms with Crippen LogP contribution >= 0.6 is 0 Å². The summed E-state index contributed by atoms with van der Waals surface area (Å²) in [6.45, 7) is 1.40. The van der Waals surface area contributed by atoms with Crippen LogP contribution in [0.15, 0.2) is 24.3 Å². The molecule has 1 unspecified atom stereocenters. The largest absolute Gasteiger partial charge is 0.485 e. The average Bonchev–Trinajstić information content (AvgIpc) is 2.33. The number of hydrogen-bond acceptors (Lipinski definition) is 4. The summed E-state index contributed by atoms with van der Waals surface area (Å²) in [5, 5.41) is 2.85. The van der Waals surface area contributed by atoms with Gasteiger partial charge in [-0.1, -0.05) is 12.1 Å². The van der Waals surface area contributed by atoms with Gasteiger partial charge in [0.15, 0.2) is 11.5 Å². The number of rotatable bonds is 2. The average molecular weight is 235 g/mol. The van der Waals surface area contributed by atoms with Gasteiger partial charge in [-0.05, 0) is 12.1 Å². The lowest BCUT2D eigenvalue weighted by Gasteiger charge is -2.30. The Morgan fingerprint density at radius 1 is 1.18 bits per heavy atom. The number of ether oxygens (including phenoxy) is 3. The van der Waals surface area contributed by atoms with Crippen LogP contribution in [0, 0.1) is 0 Å². The maximum Gasteiger partial charge on any atom is 0.265 e. The monoisotopic (exact) mass is 235 g/mol. The van der Waals surface area contributed by atoms with Gasteiger partial charge in [0, 0.05) is 0 Å². The molecule has 2 aliphatic rings. The minimum absolute atomic E-state index is 0.114. The highest BCUT2D eigenvalue weighted by Gasteiger charge is 2.30. The fourth-order valence-electron chi connectivity index (χ4n) is 1.76. The van der Waals surface area contributed by atoms with Crippen molar-refractivity contribution < 1.29 is 19.0 Å². The highest BCUT2D eigenvalue weighted by atomic mass is 16.6. The third-order valence-corrected chi connectivity index (χ3v) is 2.79. The molecule has 2 heterocycles. The minimum Gasteiger partial charge on any atom is -0.485 e. The normalized spacial score (nSPS) is 22.7. The molecule has 3 rings (SSSR count). The Morgan fingerprint density at radius 2 is 1.94 bits per heavy atom. The SMILES string of the molecule is O=C(NC1COC1)C1COc2ccccc2O1. The molecule has 1 aromatic rings. The van der Waals surface area contributed by atoms with E-state index in [1.165, 1.54) is 0 Å². The summed E-state index contributed by atoms with van der Waals surface area (Å²) in [6.07, 6.45) is -0.578. The van der Waals surface area contributed by atoms with Gasteiger partial charge in [-0.15, -0.1) is 0 Å². The smallest absolute Gasteiger partial charge is 0.265 e. The molecule has 0 spiro atoms. The van der Waals surface area contributed by atoms with Crippen molar-refractivity contribution in [1.29, 1.82) is 0 Å². The van der Waals surface area contributed by atoms with Crippen LogP contribution in [-0.4, -0.2) is 37.9 Å². The van der Waals surface area contributed by atoms with Crippen molar-refractivity contribution in [2.24, 2.45) is 0 Å². The second-order valence-corrected chi connectivity index (χ2v) is 4.11. The number of para-hydroxylation sites is 2. The van der Waals surface area contributed by atoms with Crippen molar-refractivity contribution in [1.82, 2.24) is 5.32 Å². The van der Waals surface area contributed by atoms with Gasteiger partial charge in [0.05, 0.1) is 19.3 Å². The molecule has 0 radical (unpaired) electrons. The summed E-state index contributed by atoms with van der Waals surface area (Å²) in [7, 11) is 0. The highest BCUT2D eigenvalue weighted by molar-refractivity contribution is 5.82. The first kappa shape index (κ1) is 10.4. The lowest BCUT2D eigenvalue weighted by molar-refractivity contribution is -0.134. The molecular formula is C12H13NO4. The van der Waals surface area contributed by atoms with Crippen molar-refractivity contribution in [2.45, 2.75) is 12.1 Å². The van der Waals surface area contributed by atoms with E-state index in [1.807, 2.05) is 18.2 Å². The third kappa shape index (κ3) is 2.06. The Labute approximate surface area is 98.7 Å². The molecule has 0 aliphatic carbocycles. The number of nitrogens with one attached hydrogen (secondary N) is 1. The van der Waals surface area contributed by atoms with E-state index >= 15 is 0 Å². The van der Waals surface area contributed by atoms with Crippen LogP contribution in [-0.2, 0) is 9.53 Å². The zero-order chi connectivity index (χ0) is 11.7. The van der Waals surface area contributed by atoms with Crippen LogP contribution in [0.25, 0.3) is 0 Å². The van der Waals surface area contributed by atoms with Gasteiger partial charge < -0.3 is 19.5 Å². The molecule has 1 saturated heterocycles. The number of carbonyl (C=O) groups excluding carboxylic acids is 1. The number of hydrogen-bond donors (Lipinski definition) is 1. The van der Waals surface area contributed by atoms with E-state index in [1.54, 1.807) is 6.07 Å². The lowest BCUT2D eigenvalue weighted by Crippen LogP contribution is -2.54. The van der Waals surface area contributed by atoms with Crippen LogP contribution in [0.5, 0.6) is 11.5 Å². The standard InChI is InChI=1S/C12H13NO4/c14-12(13-8-5-15-6-8)11-7-16-9-3-1-2-4-10(9)17-11/h1-4,8,11H,5-7H2,(H,13,14). The van der Waals surface area contributed by atoms with Gasteiger partial charge in [0.1, 0.15) is 6.61 Å². The molecule has 0 bridgehead atoms. The van der Waals surface area contributed by atoms with E-state index in [2.05, 4.69) is 5.32 Å². The van der Waals surface area contributed by atoms with Gasteiger partial charge in [0.25, 0.3) is 5.91 Å². The Morgan fingerprint density at radius 3 is 2.65 bits per heavy atom. The van der Waals surface area contributed by atoms with Crippen molar-refractivity contribution in [3.8, 4) is 11.5 Å². The highest BCUT2D eigenvalue weighted by Crippen LogP contribution is 2.30. The van der Waals surface area contributed by atoms with Crippen molar-refractivity contribution in [3.63, 3.8) is 0 Å². The summed E-state index contributed by atoms with van der Waals surface area (Å²) in [4.78, 5) is 11.8. The second-order valence-electron chi connectivity index (χ2n) is 4.11. The van der Waals surface area contributed by atoms with Gasteiger partial charge in [-0.3, -0.25) is 4.79 Å². The Kier molecular flexibility index (Phi) is 2.60. The maximum absolute atomic E-state index is 11.8. The molecule has 1 amide bonds. The molecule has 5 nitrogen and oxygen atoms in total. The van der Waals surface area contributed by atoms with Gasteiger partial charge in [-0.2, -0.15) is 0 Å². The van der Waals surface area contributed by atoms with Gasteiger partial charge >= 0.3 is 0 Å². The van der Waals surface area contributed by atoms with E-state index in [0.29, 0.717) is 24.7 Å². The summed E-state index contributed by atoms with van der Waals surface area (Å²) < 4.78 is 16.1. The molecule has 0 aromatic heterocycles. The Hall–Kier alpha value is -1.75. The van der Waals surface area contributed by atoms with Gasteiger partial charge in [0.2, 0.25) is 6.10 Å². The van der Waals surface area contributed by atoms with Crippen LogP contribution in [0.3, 0.4) is 0 Å². The van der Waals surface area contributed by atoms with Crippen LogP contribution < -0.4 is 14.8 Å². The van der Waals surface area contributed by atoms with Crippen molar-refractivity contribution in [3.05, 3.63) is 24.3 Å². The first-order chi connectivity index (χ1) is 8.33. The second kappa shape index (κ2) is 4.25. The molecule has 2 aliphatic heterocycles. The molecule has 5 heteroatoms. The minimum atomic E-state index is -0.578. The number of benzene rings is 1. The molecule has 1 fully saturated rings.